The minimum atomic E-state index is -2.55. The lowest BCUT2D eigenvalue weighted by Crippen LogP contribution is -2.34. The molecule has 2 rings (SSSR count). The number of carbonyl (C=O) groups is 3. The smallest absolute Gasteiger partial charge is 0.330 e. The van der Waals surface area contributed by atoms with Crippen LogP contribution in [-0.4, -0.2) is 29.3 Å². The number of nitrogens with zero attached hydrogens (tertiary/aromatic N) is 1. The number of imide groups is 1. The first-order valence-corrected chi connectivity index (χ1v) is 6.68. The van der Waals surface area contributed by atoms with Gasteiger partial charge >= 0.3 is 5.97 Å². The number of hydrogen-bond acceptors (Lipinski definition) is 4. The number of rotatable bonds is 5. The van der Waals surface area contributed by atoms with Crippen LogP contribution in [0.2, 0.25) is 0 Å². The van der Waals surface area contributed by atoms with Crippen LogP contribution in [0.1, 0.15) is 47.4 Å². The Morgan fingerprint density at radius 3 is 2.14 bits per heavy atom. The normalized spacial score (nSPS) is 14.5. The van der Waals surface area contributed by atoms with E-state index in [1.54, 1.807) is 12.1 Å². The van der Waals surface area contributed by atoms with E-state index in [-0.39, 0.29) is 17.5 Å². The summed E-state index contributed by atoms with van der Waals surface area (Å²) in [6, 6.07) is 6.07. The Balaban J connectivity index is 2.05. The first-order chi connectivity index (χ1) is 10.2. The maximum atomic E-state index is 12.4. The van der Waals surface area contributed by atoms with Crippen molar-refractivity contribution < 1.29 is 28.0 Å². The van der Waals surface area contributed by atoms with Gasteiger partial charge in [-0.3, -0.25) is 9.59 Å². The van der Waals surface area contributed by atoms with E-state index < -0.39 is 36.0 Å². The molecule has 118 valence electrons. The van der Waals surface area contributed by atoms with Gasteiger partial charge in [0.25, 0.3) is 11.8 Å². The molecule has 0 atom stereocenters. The van der Waals surface area contributed by atoms with Gasteiger partial charge < -0.3 is 4.84 Å². The van der Waals surface area contributed by atoms with Crippen LogP contribution in [0.25, 0.3) is 0 Å². The second-order valence-electron chi connectivity index (χ2n) is 5.85. The Morgan fingerprint density at radius 2 is 1.68 bits per heavy atom. The largest absolute Gasteiger partial charge is 0.333 e. The molecule has 1 aliphatic heterocycles. The number of hydrogen-bond donors (Lipinski definition) is 0. The number of hydroxylamine groups is 2. The van der Waals surface area contributed by atoms with Crippen LogP contribution in [0.3, 0.4) is 0 Å². The lowest BCUT2D eigenvalue weighted by Gasteiger charge is -2.23. The van der Waals surface area contributed by atoms with Crippen molar-refractivity contribution in [3.05, 3.63) is 35.4 Å². The second-order valence-corrected chi connectivity index (χ2v) is 5.85. The van der Waals surface area contributed by atoms with Crippen molar-refractivity contribution in [2.75, 3.05) is 0 Å². The molecule has 0 N–H and O–H groups in total. The van der Waals surface area contributed by atoms with Crippen molar-refractivity contribution in [3.63, 3.8) is 0 Å². The van der Waals surface area contributed by atoms with E-state index in [0.29, 0.717) is 5.06 Å². The number of amides is 2. The third-order valence-electron chi connectivity index (χ3n) is 3.28. The van der Waals surface area contributed by atoms with Crippen molar-refractivity contribution in [1.29, 1.82) is 0 Å². The van der Waals surface area contributed by atoms with Gasteiger partial charge in [0.05, 0.1) is 17.5 Å². The van der Waals surface area contributed by atoms with Gasteiger partial charge in [-0.25, -0.2) is 13.6 Å². The molecule has 0 bridgehead atoms. The van der Waals surface area contributed by atoms with E-state index in [2.05, 4.69) is 0 Å². The molecule has 0 aromatic heterocycles. The standard InChI is InChI=1S/C15H15F2NO4/c1-15(2,7-11(16)17)8-12(19)22-18-13(20)9-5-3-4-6-10(9)14(18)21/h3-6,11H,7-8H2,1-2H3. The topological polar surface area (TPSA) is 63.7 Å². The highest BCUT2D eigenvalue weighted by atomic mass is 19.3. The maximum absolute atomic E-state index is 12.4. The van der Waals surface area contributed by atoms with Crippen LogP contribution in [-0.2, 0) is 9.63 Å². The van der Waals surface area contributed by atoms with Crippen LogP contribution < -0.4 is 0 Å². The molecule has 5 nitrogen and oxygen atoms in total. The Kier molecular flexibility index (Phi) is 4.25. The molecular weight excluding hydrogens is 296 g/mol. The molecule has 1 heterocycles. The predicted molar refractivity (Wildman–Crippen MR) is 72.1 cm³/mol. The molecule has 22 heavy (non-hydrogen) atoms. The molecule has 0 unspecified atom stereocenters. The minimum absolute atomic E-state index is 0.146. The lowest BCUT2D eigenvalue weighted by atomic mass is 9.86. The van der Waals surface area contributed by atoms with Crippen molar-refractivity contribution in [3.8, 4) is 0 Å². The van der Waals surface area contributed by atoms with Crippen molar-refractivity contribution in [2.24, 2.45) is 5.41 Å². The van der Waals surface area contributed by atoms with E-state index in [1.807, 2.05) is 0 Å². The molecule has 0 saturated carbocycles. The quantitative estimate of drug-likeness (QED) is 0.784. The second kappa shape index (κ2) is 5.82. The fraction of sp³-hybridized carbons (Fsp3) is 0.400. The molecule has 7 heteroatoms. The van der Waals surface area contributed by atoms with Crippen molar-refractivity contribution in [1.82, 2.24) is 5.06 Å². The van der Waals surface area contributed by atoms with E-state index >= 15 is 0 Å². The van der Waals surface area contributed by atoms with Crippen molar-refractivity contribution >= 4 is 17.8 Å². The Labute approximate surface area is 125 Å². The third-order valence-corrected chi connectivity index (χ3v) is 3.28. The van der Waals surface area contributed by atoms with Crippen molar-refractivity contribution in [2.45, 2.75) is 33.1 Å². The van der Waals surface area contributed by atoms with Crippen LogP contribution in [0, 0.1) is 5.41 Å². The van der Waals surface area contributed by atoms with Crippen LogP contribution in [0.4, 0.5) is 8.78 Å². The molecule has 0 spiro atoms. The Hall–Kier alpha value is -2.31. The molecule has 1 aromatic rings. The molecule has 0 saturated heterocycles. The first-order valence-electron chi connectivity index (χ1n) is 6.68. The predicted octanol–water partition coefficient (Wildman–Crippen LogP) is 2.81. The zero-order valence-electron chi connectivity index (χ0n) is 12.1. The number of fused-ring (bicyclic) bond motifs is 1. The molecule has 0 fully saturated rings. The SMILES string of the molecule is CC(C)(CC(=O)ON1C(=O)c2ccccc2C1=O)CC(F)F. The average molecular weight is 311 g/mol. The number of benzene rings is 1. The van der Waals surface area contributed by atoms with E-state index in [4.69, 9.17) is 4.84 Å². The highest BCUT2D eigenvalue weighted by molar-refractivity contribution is 6.20. The molecule has 0 aliphatic carbocycles. The first kappa shape index (κ1) is 16.1. The summed E-state index contributed by atoms with van der Waals surface area (Å²) >= 11 is 0. The Bertz CT molecular complexity index is 593. The molecule has 2 amide bonds. The summed E-state index contributed by atoms with van der Waals surface area (Å²) < 4.78 is 24.8. The van der Waals surface area contributed by atoms with Gasteiger partial charge in [-0.1, -0.05) is 31.0 Å². The fourth-order valence-corrected chi connectivity index (χ4v) is 2.26. The minimum Gasteiger partial charge on any atom is -0.330 e. The van der Waals surface area contributed by atoms with Gasteiger partial charge in [0, 0.05) is 6.42 Å². The van der Waals surface area contributed by atoms with Crippen LogP contribution in [0.5, 0.6) is 0 Å². The average Bonchev–Trinajstić information content (AvgIpc) is 2.62. The summed E-state index contributed by atoms with van der Waals surface area (Å²) in [5, 5.41) is 0.380. The van der Waals surface area contributed by atoms with Crippen LogP contribution >= 0.6 is 0 Å². The number of alkyl halides is 2. The van der Waals surface area contributed by atoms with Crippen LogP contribution in [0.15, 0.2) is 24.3 Å². The highest BCUT2D eigenvalue weighted by Crippen LogP contribution is 2.30. The van der Waals surface area contributed by atoms with E-state index in [9.17, 15) is 23.2 Å². The van der Waals surface area contributed by atoms with E-state index in [1.165, 1.54) is 26.0 Å². The highest BCUT2D eigenvalue weighted by Gasteiger charge is 2.39. The maximum Gasteiger partial charge on any atom is 0.333 e. The van der Waals surface area contributed by atoms with Gasteiger partial charge in [0.1, 0.15) is 0 Å². The molecule has 1 aromatic carbocycles. The summed E-state index contributed by atoms with van der Waals surface area (Å²) in [4.78, 5) is 40.6. The third kappa shape index (κ3) is 3.29. The lowest BCUT2D eigenvalue weighted by molar-refractivity contribution is -0.171. The zero-order valence-corrected chi connectivity index (χ0v) is 12.1. The zero-order chi connectivity index (χ0) is 16.5. The summed E-state index contributed by atoms with van der Waals surface area (Å²) in [7, 11) is 0. The molecule has 0 radical (unpaired) electrons. The Morgan fingerprint density at radius 1 is 1.18 bits per heavy atom. The summed E-state index contributed by atoms with van der Waals surface area (Å²) in [6.45, 7) is 2.98. The van der Waals surface area contributed by atoms with E-state index in [0.717, 1.165) is 0 Å². The van der Waals surface area contributed by atoms with Gasteiger partial charge in [-0.15, -0.1) is 0 Å². The molecular formula is C15H15F2NO4. The number of halogens is 2. The monoisotopic (exact) mass is 311 g/mol. The number of carbonyl (C=O) groups excluding carboxylic acids is 3. The fourth-order valence-electron chi connectivity index (χ4n) is 2.26. The van der Waals surface area contributed by atoms with Gasteiger partial charge in [0.2, 0.25) is 6.43 Å². The van der Waals surface area contributed by atoms with Gasteiger partial charge in [-0.05, 0) is 17.5 Å². The van der Waals surface area contributed by atoms with Gasteiger partial charge in [-0.2, -0.15) is 0 Å². The summed E-state index contributed by atoms with van der Waals surface area (Å²) in [5.41, 5.74) is -0.705. The van der Waals surface area contributed by atoms with Gasteiger partial charge in [0.15, 0.2) is 0 Å². The summed E-state index contributed by atoms with van der Waals surface area (Å²) in [6.07, 6.45) is -3.36. The summed E-state index contributed by atoms with van der Waals surface area (Å²) in [5.74, 6) is -2.37. The molecule has 1 aliphatic rings.